The highest BCUT2D eigenvalue weighted by Crippen LogP contribution is 2.21. The molecule has 0 spiro atoms. The normalized spacial score (nSPS) is 11.9. The van der Waals surface area contributed by atoms with Crippen molar-refractivity contribution in [2.24, 2.45) is 0 Å². The lowest BCUT2D eigenvalue weighted by atomic mass is 10.2. The van der Waals surface area contributed by atoms with E-state index in [2.05, 4.69) is 20.8 Å². The van der Waals surface area contributed by atoms with Crippen LogP contribution in [0.1, 0.15) is 26.2 Å². The predicted molar refractivity (Wildman–Crippen MR) is 76.4 cm³/mol. The number of hydrogen-bond donors (Lipinski definition) is 2. The highest BCUT2D eigenvalue weighted by atomic mass is 16.4. The summed E-state index contributed by atoms with van der Waals surface area (Å²) >= 11 is 0. The Hall–Kier alpha value is -2.37. The molecule has 1 heterocycles. The summed E-state index contributed by atoms with van der Waals surface area (Å²) in [5, 5.41) is 13.4. The second kappa shape index (κ2) is 6.18. The van der Waals surface area contributed by atoms with E-state index in [0.29, 0.717) is 17.5 Å². The number of nitrogens with zero attached hydrogens (tertiary/aromatic N) is 2. The van der Waals surface area contributed by atoms with Crippen LogP contribution in [0.3, 0.4) is 0 Å². The van der Waals surface area contributed by atoms with Crippen LogP contribution in [0.4, 0.5) is 10.5 Å². The van der Waals surface area contributed by atoms with E-state index in [1.807, 2.05) is 32.0 Å². The molecule has 0 saturated carbocycles. The second-order valence-corrected chi connectivity index (χ2v) is 4.61. The first-order chi connectivity index (χ1) is 9.58. The van der Waals surface area contributed by atoms with Crippen molar-refractivity contribution in [3.05, 3.63) is 30.2 Å². The molecule has 0 aliphatic carbocycles. The third-order valence-electron chi connectivity index (χ3n) is 2.88. The molecule has 6 heteroatoms. The van der Waals surface area contributed by atoms with Gasteiger partial charge in [0.15, 0.2) is 0 Å². The number of hydrogen-bond acceptors (Lipinski definition) is 4. The summed E-state index contributed by atoms with van der Waals surface area (Å²) in [5.41, 5.74) is 1.45. The molecule has 1 aromatic heterocycles. The molecule has 2 aromatic rings. The van der Waals surface area contributed by atoms with Gasteiger partial charge in [-0.05, 0) is 31.5 Å². The van der Waals surface area contributed by atoms with Gasteiger partial charge in [-0.2, -0.15) is 0 Å². The lowest BCUT2D eigenvalue weighted by molar-refractivity contribution is 0.249. The maximum atomic E-state index is 11.8. The monoisotopic (exact) mass is 274 g/mol. The Labute approximate surface area is 117 Å². The molecule has 2 amide bonds. The third-order valence-corrected chi connectivity index (χ3v) is 2.88. The Bertz CT molecular complexity index is 594. The van der Waals surface area contributed by atoms with Crippen LogP contribution in [0.25, 0.3) is 11.5 Å². The standard InChI is InChI=1S/C14H18N4O2/c1-4-9(2)15-14(19)16-12-7-5-6-11(8-12)13-18-17-10(3)20-13/h5-9H,4H2,1-3H3,(H2,15,16,19). The van der Waals surface area contributed by atoms with Crippen molar-refractivity contribution < 1.29 is 9.21 Å². The Morgan fingerprint density at radius 1 is 1.40 bits per heavy atom. The van der Waals surface area contributed by atoms with Gasteiger partial charge in [0, 0.05) is 24.2 Å². The quantitative estimate of drug-likeness (QED) is 0.898. The van der Waals surface area contributed by atoms with E-state index in [4.69, 9.17) is 4.42 Å². The van der Waals surface area contributed by atoms with Crippen LogP contribution in [0.15, 0.2) is 28.7 Å². The number of aryl methyl sites for hydroxylation is 1. The highest BCUT2D eigenvalue weighted by molar-refractivity contribution is 5.90. The molecule has 1 aromatic carbocycles. The minimum Gasteiger partial charge on any atom is -0.421 e. The van der Waals surface area contributed by atoms with Gasteiger partial charge in [0.05, 0.1) is 0 Å². The zero-order chi connectivity index (χ0) is 14.5. The molecular weight excluding hydrogens is 256 g/mol. The third kappa shape index (κ3) is 3.57. The molecule has 1 atom stereocenters. The first-order valence-electron chi connectivity index (χ1n) is 6.56. The fourth-order valence-corrected chi connectivity index (χ4v) is 1.64. The molecule has 0 saturated heterocycles. The molecule has 0 aliphatic rings. The molecule has 0 radical (unpaired) electrons. The van der Waals surface area contributed by atoms with Gasteiger partial charge in [-0.15, -0.1) is 10.2 Å². The van der Waals surface area contributed by atoms with Gasteiger partial charge in [-0.25, -0.2) is 4.79 Å². The topological polar surface area (TPSA) is 80.0 Å². The van der Waals surface area contributed by atoms with Crippen molar-refractivity contribution in [3.63, 3.8) is 0 Å². The van der Waals surface area contributed by atoms with Crippen molar-refractivity contribution in [2.75, 3.05) is 5.32 Å². The average molecular weight is 274 g/mol. The van der Waals surface area contributed by atoms with Gasteiger partial charge < -0.3 is 15.1 Å². The number of carbonyl (C=O) groups excluding carboxylic acids is 1. The van der Waals surface area contributed by atoms with E-state index in [1.165, 1.54) is 0 Å². The van der Waals surface area contributed by atoms with Crippen LogP contribution in [0.5, 0.6) is 0 Å². The van der Waals surface area contributed by atoms with Crippen molar-refractivity contribution in [3.8, 4) is 11.5 Å². The SMILES string of the molecule is CCC(C)NC(=O)Nc1cccc(-c2nnc(C)o2)c1. The van der Waals surface area contributed by atoms with Crippen molar-refractivity contribution >= 4 is 11.7 Å². The van der Waals surface area contributed by atoms with Gasteiger partial charge in [-0.1, -0.05) is 13.0 Å². The van der Waals surface area contributed by atoms with Crippen molar-refractivity contribution in [2.45, 2.75) is 33.2 Å². The van der Waals surface area contributed by atoms with Crippen LogP contribution in [-0.4, -0.2) is 22.3 Å². The van der Waals surface area contributed by atoms with Crippen LogP contribution >= 0.6 is 0 Å². The predicted octanol–water partition coefficient (Wildman–Crippen LogP) is 2.97. The van der Waals surface area contributed by atoms with Gasteiger partial charge in [0.1, 0.15) is 0 Å². The minimum absolute atomic E-state index is 0.136. The maximum absolute atomic E-state index is 11.8. The number of benzene rings is 1. The lowest BCUT2D eigenvalue weighted by Gasteiger charge is -2.12. The number of amides is 2. The number of carbonyl (C=O) groups is 1. The van der Waals surface area contributed by atoms with Crippen LogP contribution in [0.2, 0.25) is 0 Å². The van der Waals surface area contributed by atoms with Gasteiger partial charge in [0.25, 0.3) is 0 Å². The average Bonchev–Trinajstić information content (AvgIpc) is 2.85. The van der Waals surface area contributed by atoms with Crippen LogP contribution < -0.4 is 10.6 Å². The van der Waals surface area contributed by atoms with E-state index in [9.17, 15) is 4.79 Å². The van der Waals surface area contributed by atoms with Gasteiger partial charge in [-0.3, -0.25) is 0 Å². The summed E-state index contributed by atoms with van der Waals surface area (Å²) in [4.78, 5) is 11.8. The first kappa shape index (κ1) is 14.0. The van der Waals surface area contributed by atoms with Crippen molar-refractivity contribution in [1.82, 2.24) is 15.5 Å². The number of aromatic nitrogens is 2. The Balaban J connectivity index is 2.08. The van der Waals surface area contributed by atoms with E-state index in [1.54, 1.807) is 13.0 Å². The number of urea groups is 1. The van der Waals surface area contributed by atoms with E-state index in [-0.39, 0.29) is 12.1 Å². The molecule has 2 N–H and O–H groups in total. The van der Waals surface area contributed by atoms with Crippen LogP contribution in [-0.2, 0) is 0 Å². The largest absolute Gasteiger partial charge is 0.421 e. The molecule has 1 unspecified atom stereocenters. The fraction of sp³-hybridized carbons (Fsp3) is 0.357. The summed E-state index contributed by atoms with van der Waals surface area (Å²) in [5.74, 6) is 0.946. The van der Waals surface area contributed by atoms with E-state index in [0.717, 1.165) is 12.0 Å². The highest BCUT2D eigenvalue weighted by Gasteiger charge is 2.09. The summed E-state index contributed by atoms with van der Waals surface area (Å²) in [6.45, 7) is 5.71. The molecular formula is C14H18N4O2. The van der Waals surface area contributed by atoms with Crippen LogP contribution in [0, 0.1) is 6.92 Å². The molecule has 6 nitrogen and oxygen atoms in total. The van der Waals surface area contributed by atoms with E-state index >= 15 is 0 Å². The van der Waals surface area contributed by atoms with Gasteiger partial charge >= 0.3 is 6.03 Å². The minimum atomic E-state index is -0.224. The maximum Gasteiger partial charge on any atom is 0.319 e. The summed E-state index contributed by atoms with van der Waals surface area (Å²) < 4.78 is 5.36. The molecule has 0 fully saturated rings. The molecule has 2 rings (SSSR count). The van der Waals surface area contributed by atoms with Gasteiger partial charge in [0.2, 0.25) is 11.8 Å². The molecule has 0 bridgehead atoms. The first-order valence-corrected chi connectivity index (χ1v) is 6.56. The number of anilines is 1. The fourth-order valence-electron chi connectivity index (χ4n) is 1.64. The number of nitrogens with one attached hydrogen (secondary N) is 2. The van der Waals surface area contributed by atoms with Crippen molar-refractivity contribution in [1.29, 1.82) is 0 Å². The Kier molecular flexibility index (Phi) is 4.34. The lowest BCUT2D eigenvalue weighted by Crippen LogP contribution is -2.35. The zero-order valence-electron chi connectivity index (χ0n) is 11.8. The smallest absolute Gasteiger partial charge is 0.319 e. The summed E-state index contributed by atoms with van der Waals surface area (Å²) in [7, 11) is 0. The number of rotatable bonds is 4. The Morgan fingerprint density at radius 2 is 2.20 bits per heavy atom. The zero-order valence-corrected chi connectivity index (χ0v) is 11.8. The second-order valence-electron chi connectivity index (χ2n) is 4.61. The summed E-state index contributed by atoms with van der Waals surface area (Å²) in [6.07, 6.45) is 0.884. The molecule has 0 aliphatic heterocycles. The van der Waals surface area contributed by atoms with E-state index < -0.39 is 0 Å². The molecule has 106 valence electrons. The molecule has 20 heavy (non-hydrogen) atoms. The summed E-state index contributed by atoms with van der Waals surface area (Å²) in [6, 6.07) is 7.19. The Morgan fingerprint density at radius 3 is 2.85 bits per heavy atom.